The van der Waals surface area contributed by atoms with Crippen LogP contribution in [0.5, 0.6) is 0 Å². The summed E-state index contributed by atoms with van der Waals surface area (Å²) in [4.78, 5) is 25.4. The first-order chi connectivity index (χ1) is 9.76. The van der Waals surface area contributed by atoms with E-state index in [0.29, 0.717) is 17.7 Å². The number of anilines is 1. The predicted octanol–water partition coefficient (Wildman–Crippen LogP) is 1.66. The maximum atomic E-state index is 12.1. The highest BCUT2D eigenvalue weighted by Crippen LogP contribution is 2.33. The number of ketones is 1. The smallest absolute Gasteiger partial charge is 0.299 e. The topological polar surface area (TPSA) is 71.5 Å². The summed E-state index contributed by atoms with van der Waals surface area (Å²) in [5, 5.41) is 0. The number of aryl methyl sites for hydroxylation is 2. The Morgan fingerprint density at radius 1 is 1.10 bits per heavy atom. The van der Waals surface area contributed by atoms with E-state index in [1.54, 1.807) is 13.0 Å². The number of hydrogen-bond acceptors (Lipinski definition) is 4. The van der Waals surface area contributed by atoms with Crippen LogP contribution in [0.2, 0.25) is 0 Å². The minimum atomic E-state index is -3.19. The Labute approximate surface area is 124 Å². The third-order valence-corrected chi connectivity index (χ3v) is 5.37. The standard InChI is InChI=1S/C15H19NO4S/c1-4-6-21(19,20)7-5-16-13-11(3)8-10(2)9-12(13)14(17)15(16)18/h8-9H,4-7H2,1-3H3. The van der Waals surface area contributed by atoms with E-state index in [0.717, 1.165) is 11.1 Å². The molecule has 0 N–H and O–H groups in total. The van der Waals surface area contributed by atoms with Gasteiger partial charge in [-0.3, -0.25) is 9.59 Å². The zero-order valence-electron chi connectivity index (χ0n) is 12.5. The minimum Gasteiger partial charge on any atom is -0.303 e. The number of carbonyl (C=O) groups excluding carboxylic acids is 2. The predicted molar refractivity (Wildman–Crippen MR) is 81.5 cm³/mol. The van der Waals surface area contributed by atoms with Crippen molar-refractivity contribution in [3.8, 4) is 0 Å². The summed E-state index contributed by atoms with van der Waals surface area (Å²) in [7, 11) is -3.19. The maximum absolute atomic E-state index is 12.1. The Morgan fingerprint density at radius 3 is 2.38 bits per heavy atom. The van der Waals surface area contributed by atoms with E-state index in [2.05, 4.69) is 0 Å². The van der Waals surface area contributed by atoms with Gasteiger partial charge in [0.2, 0.25) is 0 Å². The first kappa shape index (κ1) is 15.7. The molecule has 1 aliphatic heterocycles. The third kappa shape index (κ3) is 3.00. The molecule has 0 aromatic heterocycles. The Bertz CT molecular complexity index is 707. The first-order valence-corrected chi connectivity index (χ1v) is 8.77. The highest BCUT2D eigenvalue weighted by molar-refractivity contribution is 7.91. The molecule has 0 unspecified atom stereocenters. The van der Waals surface area contributed by atoms with E-state index in [-0.39, 0.29) is 18.1 Å². The van der Waals surface area contributed by atoms with Crippen LogP contribution in [0.25, 0.3) is 0 Å². The fourth-order valence-electron chi connectivity index (χ4n) is 2.69. The van der Waals surface area contributed by atoms with Gasteiger partial charge in [-0.05, 0) is 37.5 Å². The second-order valence-corrected chi connectivity index (χ2v) is 7.72. The zero-order valence-corrected chi connectivity index (χ0v) is 13.3. The second kappa shape index (κ2) is 5.60. The number of amides is 1. The Hall–Kier alpha value is -1.69. The molecule has 0 atom stereocenters. The van der Waals surface area contributed by atoms with Crippen LogP contribution >= 0.6 is 0 Å². The van der Waals surface area contributed by atoms with Crippen molar-refractivity contribution < 1.29 is 18.0 Å². The molecule has 1 amide bonds. The number of Topliss-reactive ketones (excluding diaryl/α,β-unsaturated/α-hetero) is 1. The van der Waals surface area contributed by atoms with Crippen LogP contribution in [-0.2, 0) is 14.6 Å². The summed E-state index contributed by atoms with van der Waals surface area (Å²) in [6, 6.07) is 3.57. The van der Waals surface area contributed by atoms with E-state index >= 15 is 0 Å². The number of hydrogen-bond donors (Lipinski definition) is 0. The average molecular weight is 309 g/mol. The molecule has 0 aliphatic carbocycles. The lowest BCUT2D eigenvalue weighted by atomic mass is 10.0. The molecule has 5 nitrogen and oxygen atoms in total. The zero-order chi connectivity index (χ0) is 15.8. The molecule has 114 valence electrons. The molecule has 1 aromatic rings. The summed E-state index contributed by atoms with van der Waals surface area (Å²) < 4.78 is 23.6. The lowest BCUT2D eigenvalue weighted by Gasteiger charge is -2.18. The fourth-order valence-corrected chi connectivity index (χ4v) is 3.97. The van der Waals surface area contributed by atoms with Gasteiger partial charge in [0.15, 0.2) is 9.84 Å². The van der Waals surface area contributed by atoms with Crippen LogP contribution in [0.4, 0.5) is 5.69 Å². The highest BCUT2D eigenvalue weighted by Gasteiger charge is 2.37. The normalized spacial score (nSPS) is 14.7. The molecule has 1 aromatic carbocycles. The van der Waals surface area contributed by atoms with Crippen molar-refractivity contribution in [2.45, 2.75) is 27.2 Å². The van der Waals surface area contributed by atoms with E-state index in [9.17, 15) is 18.0 Å². The van der Waals surface area contributed by atoms with Gasteiger partial charge in [0.1, 0.15) is 0 Å². The van der Waals surface area contributed by atoms with Crippen molar-refractivity contribution in [2.24, 2.45) is 0 Å². The van der Waals surface area contributed by atoms with Crippen LogP contribution in [0.15, 0.2) is 12.1 Å². The Kier molecular flexibility index (Phi) is 4.18. The number of benzene rings is 1. The molecule has 0 spiro atoms. The molecule has 1 aliphatic rings. The van der Waals surface area contributed by atoms with Gasteiger partial charge >= 0.3 is 0 Å². The second-order valence-electron chi connectivity index (χ2n) is 5.42. The van der Waals surface area contributed by atoms with Gasteiger partial charge < -0.3 is 4.90 Å². The van der Waals surface area contributed by atoms with Crippen molar-refractivity contribution in [3.63, 3.8) is 0 Å². The summed E-state index contributed by atoms with van der Waals surface area (Å²) in [5.41, 5.74) is 2.66. The minimum absolute atomic E-state index is 0.0316. The van der Waals surface area contributed by atoms with Gasteiger partial charge in [0.25, 0.3) is 11.7 Å². The summed E-state index contributed by atoms with van der Waals surface area (Å²) in [6.45, 7) is 5.51. The van der Waals surface area contributed by atoms with E-state index < -0.39 is 21.5 Å². The largest absolute Gasteiger partial charge is 0.303 e. The summed E-state index contributed by atoms with van der Waals surface area (Å²) >= 11 is 0. The summed E-state index contributed by atoms with van der Waals surface area (Å²) in [5.74, 6) is -1.20. The van der Waals surface area contributed by atoms with Crippen LogP contribution in [0, 0.1) is 13.8 Å². The van der Waals surface area contributed by atoms with Crippen LogP contribution in [0.3, 0.4) is 0 Å². The van der Waals surface area contributed by atoms with Crippen molar-refractivity contribution in [1.29, 1.82) is 0 Å². The van der Waals surface area contributed by atoms with Crippen LogP contribution in [0.1, 0.15) is 34.8 Å². The quantitative estimate of drug-likeness (QED) is 0.776. The monoisotopic (exact) mass is 309 g/mol. The SMILES string of the molecule is CCCS(=O)(=O)CCN1C(=O)C(=O)c2cc(C)cc(C)c21. The fraction of sp³-hybridized carbons (Fsp3) is 0.467. The average Bonchev–Trinajstić information content (AvgIpc) is 2.61. The lowest BCUT2D eigenvalue weighted by molar-refractivity contribution is -0.114. The Balaban J connectivity index is 2.32. The molecule has 21 heavy (non-hydrogen) atoms. The van der Waals surface area contributed by atoms with Crippen LogP contribution < -0.4 is 4.90 Å². The van der Waals surface area contributed by atoms with E-state index in [1.807, 2.05) is 19.9 Å². The molecule has 1 heterocycles. The van der Waals surface area contributed by atoms with Crippen LogP contribution in [-0.4, -0.2) is 38.2 Å². The van der Waals surface area contributed by atoms with Crippen molar-refractivity contribution >= 4 is 27.2 Å². The molecular weight excluding hydrogens is 290 g/mol. The molecule has 0 fully saturated rings. The maximum Gasteiger partial charge on any atom is 0.299 e. The molecule has 0 radical (unpaired) electrons. The number of rotatable bonds is 5. The highest BCUT2D eigenvalue weighted by atomic mass is 32.2. The molecule has 0 bridgehead atoms. The van der Waals surface area contributed by atoms with Gasteiger partial charge in [0, 0.05) is 12.3 Å². The van der Waals surface area contributed by atoms with Gasteiger partial charge in [-0.25, -0.2) is 8.42 Å². The molecule has 0 saturated heterocycles. The van der Waals surface area contributed by atoms with Gasteiger partial charge in [-0.1, -0.05) is 13.0 Å². The number of fused-ring (bicyclic) bond motifs is 1. The van der Waals surface area contributed by atoms with Crippen molar-refractivity contribution in [1.82, 2.24) is 0 Å². The first-order valence-electron chi connectivity index (χ1n) is 6.94. The van der Waals surface area contributed by atoms with Gasteiger partial charge in [-0.15, -0.1) is 0 Å². The number of sulfone groups is 1. The molecule has 6 heteroatoms. The number of nitrogens with zero attached hydrogens (tertiary/aromatic N) is 1. The summed E-state index contributed by atoms with van der Waals surface area (Å²) in [6.07, 6.45) is 0.546. The Morgan fingerprint density at radius 2 is 1.76 bits per heavy atom. The van der Waals surface area contributed by atoms with Crippen molar-refractivity contribution in [3.05, 3.63) is 28.8 Å². The number of carbonyl (C=O) groups is 2. The molecular formula is C15H19NO4S. The van der Waals surface area contributed by atoms with E-state index in [1.165, 1.54) is 4.90 Å². The third-order valence-electron chi connectivity index (χ3n) is 3.54. The van der Waals surface area contributed by atoms with Crippen molar-refractivity contribution in [2.75, 3.05) is 23.0 Å². The van der Waals surface area contributed by atoms with Gasteiger partial charge in [0.05, 0.1) is 17.0 Å². The molecule has 2 rings (SSSR count). The van der Waals surface area contributed by atoms with Gasteiger partial charge in [-0.2, -0.15) is 0 Å². The molecule has 0 saturated carbocycles. The van der Waals surface area contributed by atoms with E-state index in [4.69, 9.17) is 0 Å². The lowest BCUT2D eigenvalue weighted by Crippen LogP contribution is -2.34.